The minimum Gasteiger partial charge on any atom is -0.389 e. The van der Waals surface area contributed by atoms with Gasteiger partial charge in [0.15, 0.2) is 0 Å². The normalized spacial score (nSPS) is 9.93. The molecule has 0 spiro atoms. The van der Waals surface area contributed by atoms with Gasteiger partial charge in [0.2, 0.25) is 0 Å². The van der Waals surface area contributed by atoms with E-state index < -0.39 is 0 Å². The van der Waals surface area contributed by atoms with Crippen LogP contribution in [0.25, 0.3) is 0 Å². The maximum atomic E-state index is 5.53. The van der Waals surface area contributed by atoms with Gasteiger partial charge >= 0.3 is 0 Å². The van der Waals surface area contributed by atoms with Gasteiger partial charge in [0.1, 0.15) is 10.8 Å². The molecular formula is C10H15N3S2. The fourth-order valence-corrected chi connectivity index (χ4v) is 1.67. The van der Waals surface area contributed by atoms with Crippen molar-refractivity contribution in [3.05, 3.63) is 23.9 Å². The second kappa shape index (κ2) is 6.63. The van der Waals surface area contributed by atoms with E-state index in [9.17, 15) is 0 Å². The van der Waals surface area contributed by atoms with Crippen molar-refractivity contribution in [2.75, 3.05) is 23.9 Å². The molecule has 1 aromatic rings. The van der Waals surface area contributed by atoms with Crippen LogP contribution >= 0.6 is 24.0 Å². The number of nitrogens with two attached hydrogens (primary N) is 1. The van der Waals surface area contributed by atoms with Crippen LogP contribution in [0.1, 0.15) is 12.0 Å². The molecule has 15 heavy (non-hydrogen) atoms. The SMILES string of the molecule is CSCCCNc1cc(C(N)=S)ccn1. The second-order valence-corrected chi connectivity index (χ2v) is 4.49. The van der Waals surface area contributed by atoms with Crippen LogP contribution in [0.5, 0.6) is 0 Å². The first kappa shape index (κ1) is 12.3. The van der Waals surface area contributed by atoms with Gasteiger partial charge in [0.05, 0.1) is 0 Å². The molecule has 0 bridgehead atoms. The molecule has 0 amide bonds. The van der Waals surface area contributed by atoms with Crippen LogP contribution in [0.3, 0.4) is 0 Å². The van der Waals surface area contributed by atoms with E-state index in [2.05, 4.69) is 16.6 Å². The molecule has 0 saturated heterocycles. The van der Waals surface area contributed by atoms with E-state index in [4.69, 9.17) is 18.0 Å². The Balaban J connectivity index is 2.47. The summed E-state index contributed by atoms with van der Waals surface area (Å²) in [6.45, 7) is 0.925. The summed E-state index contributed by atoms with van der Waals surface area (Å²) in [5.41, 5.74) is 6.39. The zero-order valence-corrected chi connectivity index (χ0v) is 10.3. The highest BCUT2D eigenvalue weighted by molar-refractivity contribution is 7.98. The lowest BCUT2D eigenvalue weighted by Crippen LogP contribution is -2.11. The molecule has 1 rings (SSSR count). The summed E-state index contributed by atoms with van der Waals surface area (Å²) in [5.74, 6) is 1.99. The van der Waals surface area contributed by atoms with Gasteiger partial charge < -0.3 is 11.1 Å². The summed E-state index contributed by atoms with van der Waals surface area (Å²) in [5, 5.41) is 3.24. The molecule has 0 aromatic carbocycles. The highest BCUT2D eigenvalue weighted by atomic mass is 32.2. The average molecular weight is 241 g/mol. The number of hydrogen-bond acceptors (Lipinski definition) is 4. The van der Waals surface area contributed by atoms with E-state index in [0.29, 0.717) is 4.99 Å². The number of rotatable bonds is 6. The highest BCUT2D eigenvalue weighted by Crippen LogP contribution is 2.07. The smallest absolute Gasteiger partial charge is 0.126 e. The van der Waals surface area contributed by atoms with Gasteiger partial charge in [0, 0.05) is 18.3 Å². The van der Waals surface area contributed by atoms with E-state index in [1.54, 1.807) is 6.20 Å². The Bertz CT molecular complexity index is 328. The standard InChI is InChI=1S/C10H15N3S2/c1-15-6-2-4-12-9-7-8(10(11)14)3-5-13-9/h3,5,7H,2,4,6H2,1H3,(H2,11,14)(H,12,13). The van der Waals surface area contributed by atoms with E-state index in [1.807, 2.05) is 23.9 Å². The molecule has 0 radical (unpaired) electrons. The number of nitrogens with zero attached hydrogens (tertiary/aromatic N) is 1. The van der Waals surface area contributed by atoms with Crippen LogP contribution in [0.15, 0.2) is 18.3 Å². The fraction of sp³-hybridized carbons (Fsp3) is 0.400. The predicted octanol–water partition coefficient (Wildman–Crippen LogP) is 1.88. The molecule has 0 aliphatic carbocycles. The number of thioether (sulfide) groups is 1. The van der Waals surface area contributed by atoms with Crippen LogP contribution < -0.4 is 11.1 Å². The lowest BCUT2D eigenvalue weighted by Gasteiger charge is -2.06. The first-order valence-electron chi connectivity index (χ1n) is 4.72. The maximum Gasteiger partial charge on any atom is 0.126 e. The first-order chi connectivity index (χ1) is 7.24. The van der Waals surface area contributed by atoms with Gasteiger partial charge in [-0.1, -0.05) is 12.2 Å². The molecular weight excluding hydrogens is 226 g/mol. The van der Waals surface area contributed by atoms with E-state index in [0.717, 1.165) is 30.1 Å². The van der Waals surface area contributed by atoms with Crippen molar-refractivity contribution in [2.45, 2.75) is 6.42 Å². The van der Waals surface area contributed by atoms with Crippen molar-refractivity contribution in [3.63, 3.8) is 0 Å². The van der Waals surface area contributed by atoms with Gasteiger partial charge in [-0.15, -0.1) is 0 Å². The van der Waals surface area contributed by atoms with Gasteiger partial charge in [-0.05, 0) is 30.6 Å². The van der Waals surface area contributed by atoms with Crippen molar-refractivity contribution >= 4 is 34.8 Å². The quantitative estimate of drug-likeness (QED) is 0.588. The predicted molar refractivity (Wildman–Crippen MR) is 71.6 cm³/mol. The van der Waals surface area contributed by atoms with E-state index >= 15 is 0 Å². The molecule has 0 aliphatic rings. The molecule has 3 nitrogen and oxygen atoms in total. The molecule has 1 aromatic heterocycles. The summed E-state index contributed by atoms with van der Waals surface area (Å²) in [7, 11) is 0. The highest BCUT2D eigenvalue weighted by Gasteiger charge is 1.98. The number of nitrogens with one attached hydrogen (secondary N) is 1. The average Bonchev–Trinajstić information content (AvgIpc) is 2.25. The maximum absolute atomic E-state index is 5.53. The van der Waals surface area contributed by atoms with Crippen LogP contribution in [-0.4, -0.2) is 28.5 Å². The largest absolute Gasteiger partial charge is 0.389 e. The number of pyridine rings is 1. The van der Waals surface area contributed by atoms with Crippen molar-refractivity contribution in [1.29, 1.82) is 0 Å². The Morgan fingerprint density at radius 3 is 3.13 bits per heavy atom. The second-order valence-electron chi connectivity index (χ2n) is 3.07. The van der Waals surface area contributed by atoms with Gasteiger partial charge in [-0.3, -0.25) is 0 Å². The lowest BCUT2D eigenvalue weighted by atomic mass is 10.2. The van der Waals surface area contributed by atoms with Crippen LogP contribution in [0, 0.1) is 0 Å². The minimum absolute atomic E-state index is 0.407. The third kappa shape index (κ3) is 4.48. The van der Waals surface area contributed by atoms with Crippen LogP contribution in [-0.2, 0) is 0 Å². The fourth-order valence-electron chi connectivity index (χ4n) is 1.11. The number of anilines is 1. The van der Waals surface area contributed by atoms with E-state index in [-0.39, 0.29) is 0 Å². The third-order valence-corrected chi connectivity index (χ3v) is 2.81. The summed E-state index contributed by atoms with van der Waals surface area (Å²) >= 11 is 6.74. The molecule has 0 fully saturated rings. The monoisotopic (exact) mass is 241 g/mol. The Kier molecular flexibility index (Phi) is 5.42. The molecule has 82 valence electrons. The Hall–Kier alpha value is -0.810. The summed E-state index contributed by atoms with van der Waals surface area (Å²) in [6.07, 6.45) is 4.94. The Labute approximate surface area is 99.8 Å². The summed E-state index contributed by atoms with van der Waals surface area (Å²) in [6, 6.07) is 3.69. The number of hydrogen-bond donors (Lipinski definition) is 2. The molecule has 3 N–H and O–H groups in total. The minimum atomic E-state index is 0.407. The molecule has 5 heteroatoms. The lowest BCUT2D eigenvalue weighted by molar-refractivity contribution is 0.982. The summed E-state index contributed by atoms with van der Waals surface area (Å²) in [4.78, 5) is 4.59. The van der Waals surface area contributed by atoms with Crippen LogP contribution in [0.4, 0.5) is 5.82 Å². The molecule has 0 saturated carbocycles. The first-order valence-corrected chi connectivity index (χ1v) is 6.53. The van der Waals surface area contributed by atoms with Gasteiger partial charge in [0.25, 0.3) is 0 Å². The van der Waals surface area contributed by atoms with Crippen molar-refractivity contribution in [1.82, 2.24) is 4.98 Å². The summed E-state index contributed by atoms with van der Waals surface area (Å²) < 4.78 is 0. The zero-order valence-electron chi connectivity index (χ0n) is 8.69. The zero-order chi connectivity index (χ0) is 11.1. The van der Waals surface area contributed by atoms with E-state index in [1.165, 1.54) is 0 Å². The molecule has 0 atom stereocenters. The topological polar surface area (TPSA) is 50.9 Å². The molecule has 0 unspecified atom stereocenters. The third-order valence-electron chi connectivity index (χ3n) is 1.88. The van der Waals surface area contributed by atoms with Gasteiger partial charge in [-0.25, -0.2) is 4.98 Å². The Morgan fingerprint density at radius 2 is 2.47 bits per heavy atom. The number of aromatic nitrogens is 1. The number of thiocarbonyl (C=S) groups is 1. The van der Waals surface area contributed by atoms with Gasteiger partial charge in [-0.2, -0.15) is 11.8 Å². The Morgan fingerprint density at radius 1 is 1.67 bits per heavy atom. The van der Waals surface area contributed by atoms with Crippen LogP contribution in [0.2, 0.25) is 0 Å². The molecule has 1 heterocycles. The molecule has 0 aliphatic heterocycles. The van der Waals surface area contributed by atoms with Crippen molar-refractivity contribution < 1.29 is 0 Å². The van der Waals surface area contributed by atoms with Crippen molar-refractivity contribution in [3.8, 4) is 0 Å². The van der Waals surface area contributed by atoms with Crippen molar-refractivity contribution in [2.24, 2.45) is 5.73 Å².